The smallest absolute Gasteiger partial charge is 0.203 e. The molecule has 1 aromatic heterocycles. The van der Waals surface area contributed by atoms with Gasteiger partial charge in [0.2, 0.25) is 5.78 Å². The third-order valence-corrected chi connectivity index (χ3v) is 4.71. The number of aryl methyl sites for hydroxylation is 2. The molecule has 0 amide bonds. The highest BCUT2D eigenvalue weighted by atomic mass is 16.1. The Hall–Kier alpha value is -3.96. The van der Waals surface area contributed by atoms with E-state index in [1.807, 2.05) is 48.5 Å². The van der Waals surface area contributed by atoms with Gasteiger partial charge in [-0.1, -0.05) is 67.9 Å². The minimum absolute atomic E-state index is 0.0512. The van der Waals surface area contributed by atoms with Crippen molar-refractivity contribution in [2.45, 2.75) is 32.7 Å². The fourth-order valence-corrected chi connectivity index (χ4v) is 3.21. The van der Waals surface area contributed by atoms with Crippen molar-refractivity contribution in [1.82, 2.24) is 9.78 Å². The van der Waals surface area contributed by atoms with Crippen molar-refractivity contribution in [3.05, 3.63) is 83.1 Å². The standard InChI is InChI=1S/C25H22N4O/c1-2-7-19-10-12-21(13-11-19)25(30)22(17-27)16-23-18-29(15-6-14-26)28-24(23)20-8-4-3-5-9-20/h3-5,8-13,16,18H,2,6-7,15H2,1H3/b22-16+. The van der Waals surface area contributed by atoms with Gasteiger partial charge < -0.3 is 0 Å². The number of carbonyl (C=O) groups is 1. The van der Waals surface area contributed by atoms with Crippen LogP contribution in [0.15, 0.2) is 66.4 Å². The predicted molar refractivity (Wildman–Crippen MR) is 116 cm³/mol. The fraction of sp³-hybridized carbons (Fsp3) is 0.200. The van der Waals surface area contributed by atoms with Crippen molar-refractivity contribution >= 4 is 11.9 Å². The zero-order valence-corrected chi connectivity index (χ0v) is 16.9. The van der Waals surface area contributed by atoms with Crippen molar-refractivity contribution in [2.75, 3.05) is 0 Å². The molecule has 0 spiro atoms. The van der Waals surface area contributed by atoms with Crippen LogP contribution in [0.25, 0.3) is 17.3 Å². The summed E-state index contributed by atoms with van der Waals surface area (Å²) in [5, 5.41) is 23.1. The number of carbonyl (C=O) groups excluding carboxylic acids is 1. The fourth-order valence-electron chi connectivity index (χ4n) is 3.21. The summed E-state index contributed by atoms with van der Waals surface area (Å²) < 4.78 is 1.68. The van der Waals surface area contributed by atoms with E-state index in [-0.39, 0.29) is 11.4 Å². The molecular weight excluding hydrogens is 372 g/mol. The molecule has 3 rings (SSSR count). The highest BCUT2D eigenvalue weighted by Gasteiger charge is 2.16. The maximum Gasteiger partial charge on any atom is 0.203 e. The van der Waals surface area contributed by atoms with Gasteiger partial charge in [-0.2, -0.15) is 15.6 Å². The molecule has 0 N–H and O–H groups in total. The molecule has 0 unspecified atom stereocenters. The minimum Gasteiger partial charge on any atom is -0.288 e. The highest BCUT2D eigenvalue weighted by molar-refractivity contribution is 6.14. The lowest BCUT2D eigenvalue weighted by Crippen LogP contribution is -2.02. The number of Topliss-reactive ketones (excluding diaryl/α,β-unsaturated/α-hetero) is 1. The lowest BCUT2D eigenvalue weighted by Gasteiger charge is -2.03. The molecule has 0 aliphatic carbocycles. The van der Waals surface area contributed by atoms with Crippen LogP contribution in [-0.2, 0) is 13.0 Å². The first kappa shape index (κ1) is 20.8. The SMILES string of the molecule is CCCc1ccc(C(=O)/C(C#N)=C/c2cn(CCC#N)nc2-c2ccccc2)cc1. The summed E-state index contributed by atoms with van der Waals surface area (Å²) in [6.45, 7) is 2.55. The number of allylic oxidation sites excluding steroid dienone is 1. The van der Waals surface area contributed by atoms with Gasteiger partial charge in [0.15, 0.2) is 0 Å². The van der Waals surface area contributed by atoms with Crippen LogP contribution < -0.4 is 0 Å². The molecule has 0 saturated heterocycles. The van der Waals surface area contributed by atoms with Crippen LogP contribution in [0, 0.1) is 22.7 Å². The topological polar surface area (TPSA) is 82.5 Å². The second-order valence-electron chi connectivity index (χ2n) is 6.92. The van der Waals surface area contributed by atoms with E-state index in [2.05, 4.69) is 18.1 Å². The number of nitriles is 2. The Labute approximate surface area is 176 Å². The maximum absolute atomic E-state index is 12.9. The van der Waals surface area contributed by atoms with Gasteiger partial charge >= 0.3 is 0 Å². The normalized spacial score (nSPS) is 11.0. The molecule has 5 nitrogen and oxygen atoms in total. The van der Waals surface area contributed by atoms with Gasteiger partial charge in [0.1, 0.15) is 11.6 Å². The van der Waals surface area contributed by atoms with E-state index in [4.69, 9.17) is 5.26 Å². The van der Waals surface area contributed by atoms with Crippen molar-refractivity contribution in [3.63, 3.8) is 0 Å². The number of aromatic nitrogens is 2. The summed E-state index contributed by atoms with van der Waals surface area (Å²) in [5.74, 6) is -0.315. The molecule has 3 aromatic rings. The Morgan fingerprint density at radius 2 is 1.83 bits per heavy atom. The van der Waals surface area contributed by atoms with Crippen molar-refractivity contribution in [2.24, 2.45) is 0 Å². The number of ketones is 1. The molecule has 1 heterocycles. The van der Waals surface area contributed by atoms with Crippen molar-refractivity contribution in [3.8, 4) is 23.4 Å². The van der Waals surface area contributed by atoms with Gasteiger partial charge in [-0.3, -0.25) is 9.48 Å². The van der Waals surface area contributed by atoms with Gasteiger partial charge in [-0.05, 0) is 18.1 Å². The Kier molecular flexibility index (Phi) is 6.92. The first-order valence-electron chi connectivity index (χ1n) is 9.91. The van der Waals surface area contributed by atoms with E-state index in [0.29, 0.717) is 29.8 Å². The monoisotopic (exact) mass is 394 g/mol. The van der Waals surface area contributed by atoms with E-state index in [1.165, 1.54) is 5.56 Å². The summed E-state index contributed by atoms with van der Waals surface area (Å²) in [6, 6.07) is 21.1. The number of benzene rings is 2. The summed E-state index contributed by atoms with van der Waals surface area (Å²) in [5.41, 5.74) is 3.94. The zero-order chi connectivity index (χ0) is 21.3. The number of rotatable bonds is 8. The predicted octanol–water partition coefficient (Wildman–Crippen LogP) is 5.21. The van der Waals surface area contributed by atoms with Gasteiger partial charge in [0.25, 0.3) is 0 Å². The Morgan fingerprint density at radius 3 is 2.47 bits per heavy atom. The molecule has 0 fully saturated rings. The Morgan fingerprint density at radius 1 is 1.10 bits per heavy atom. The highest BCUT2D eigenvalue weighted by Crippen LogP contribution is 2.25. The molecular formula is C25H22N4O. The van der Waals surface area contributed by atoms with E-state index >= 15 is 0 Å². The van der Waals surface area contributed by atoms with Crippen LogP contribution in [-0.4, -0.2) is 15.6 Å². The number of hydrogen-bond acceptors (Lipinski definition) is 4. The summed E-state index contributed by atoms with van der Waals surface area (Å²) in [4.78, 5) is 12.9. The average Bonchev–Trinajstić information content (AvgIpc) is 3.19. The lowest BCUT2D eigenvalue weighted by molar-refractivity contribution is 0.104. The Balaban J connectivity index is 1.98. The quantitative estimate of drug-likeness (QED) is 0.298. The second kappa shape index (κ2) is 10.0. The molecule has 0 atom stereocenters. The maximum atomic E-state index is 12.9. The second-order valence-corrected chi connectivity index (χ2v) is 6.92. The average molecular weight is 394 g/mol. The van der Waals surface area contributed by atoms with E-state index in [1.54, 1.807) is 29.1 Å². The molecule has 0 aliphatic heterocycles. The number of hydrogen-bond donors (Lipinski definition) is 0. The largest absolute Gasteiger partial charge is 0.288 e. The molecule has 30 heavy (non-hydrogen) atoms. The summed E-state index contributed by atoms with van der Waals surface area (Å²) in [6.07, 6.45) is 5.68. The molecule has 148 valence electrons. The van der Waals surface area contributed by atoms with Crippen molar-refractivity contribution < 1.29 is 4.79 Å². The van der Waals surface area contributed by atoms with E-state index in [0.717, 1.165) is 18.4 Å². The third-order valence-electron chi connectivity index (χ3n) is 4.71. The first-order valence-corrected chi connectivity index (χ1v) is 9.91. The molecule has 0 aliphatic rings. The van der Waals surface area contributed by atoms with Crippen LogP contribution in [0.5, 0.6) is 0 Å². The minimum atomic E-state index is -0.315. The van der Waals surface area contributed by atoms with Crippen LogP contribution in [0.1, 0.15) is 41.3 Å². The van der Waals surface area contributed by atoms with Crippen LogP contribution >= 0.6 is 0 Å². The van der Waals surface area contributed by atoms with Gasteiger partial charge in [0, 0.05) is 22.9 Å². The number of nitrogens with zero attached hydrogens (tertiary/aromatic N) is 4. The van der Waals surface area contributed by atoms with Gasteiger partial charge in [-0.25, -0.2) is 0 Å². The van der Waals surface area contributed by atoms with Crippen molar-refractivity contribution in [1.29, 1.82) is 10.5 Å². The molecule has 0 bridgehead atoms. The first-order chi connectivity index (χ1) is 14.7. The van der Waals surface area contributed by atoms with Gasteiger partial charge in [0.05, 0.1) is 24.7 Å². The molecule has 0 saturated carbocycles. The zero-order valence-electron chi connectivity index (χ0n) is 16.9. The molecule has 0 radical (unpaired) electrons. The van der Waals surface area contributed by atoms with Crippen LogP contribution in [0.3, 0.4) is 0 Å². The molecule has 2 aromatic carbocycles. The molecule has 5 heteroatoms. The van der Waals surface area contributed by atoms with Crippen LogP contribution in [0.2, 0.25) is 0 Å². The van der Waals surface area contributed by atoms with E-state index < -0.39 is 0 Å². The Bertz CT molecular complexity index is 1130. The summed E-state index contributed by atoms with van der Waals surface area (Å²) >= 11 is 0. The van der Waals surface area contributed by atoms with Gasteiger partial charge in [-0.15, -0.1) is 0 Å². The summed E-state index contributed by atoms with van der Waals surface area (Å²) in [7, 11) is 0. The van der Waals surface area contributed by atoms with Crippen LogP contribution in [0.4, 0.5) is 0 Å². The van der Waals surface area contributed by atoms with E-state index in [9.17, 15) is 10.1 Å². The third kappa shape index (κ3) is 4.90. The lowest BCUT2D eigenvalue weighted by atomic mass is 9.99.